The molecule has 0 aliphatic rings. The predicted molar refractivity (Wildman–Crippen MR) is 332 cm³/mol. The van der Waals surface area contributed by atoms with Gasteiger partial charge in [0.1, 0.15) is 19.3 Å². The van der Waals surface area contributed by atoms with Crippen molar-refractivity contribution in [3.63, 3.8) is 0 Å². The molecule has 10 heteroatoms. The van der Waals surface area contributed by atoms with Crippen LogP contribution in [0.3, 0.4) is 0 Å². The first kappa shape index (κ1) is 75.0. The molecule has 452 valence electrons. The van der Waals surface area contributed by atoms with E-state index in [0.717, 1.165) is 64.2 Å². The number of amides is 1. The standard InChI is InChI=1S/C67H127N2O7P/c1-7-10-13-16-19-22-25-27-29-31-32-33-34-35-36-38-39-41-44-47-50-53-56-59-66(70)68-64(63-75-77(72,73)74-62-61-69(4,5)6)65(58-55-52-49-46-43-24-21-18-15-12-9-3)76-67(71)60-57-54-51-48-45-42-40-37-30-28-26-23-20-17-14-11-8-2/h19,22,27-30,55,58,64-65H,7-18,20-21,23-26,31-54,56-57,59-63H2,1-6H3,(H-,68,70,72,73)/p+1/b22-19-,29-27-,30-28+,58-55-. The molecule has 3 atom stereocenters. The molecule has 0 fully saturated rings. The van der Waals surface area contributed by atoms with Crippen molar-refractivity contribution < 1.29 is 37.3 Å². The minimum atomic E-state index is -4.45. The summed E-state index contributed by atoms with van der Waals surface area (Å²) in [6.07, 6.45) is 71.1. The molecule has 0 bridgehead atoms. The van der Waals surface area contributed by atoms with Gasteiger partial charge in [0, 0.05) is 12.8 Å². The van der Waals surface area contributed by atoms with Gasteiger partial charge in [-0.2, -0.15) is 0 Å². The Balaban J connectivity index is 5.10. The maximum Gasteiger partial charge on any atom is 0.472 e. The molecule has 2 N–H and O–H groups in total. The minimum absolute atomic E-state index is 0.0403. The summed E-state index contributed by atoms with van der Waals surface area (Å²) in [4.78, 5) is 37.8. The fourth-order valence-electron chi connectivity index (χ4n) is 9.61. The van der Waals surface area contributed by atoms with Crippen molar-refractivity contribution in [3.8, 4) is 0 Å². The number of hydrogen-bond acceptors (Lipinski definition) is 6. The first-order valence-corrected chi connectivity index (χ1v) is 34.5. The van der Waals surface area contributed by atoms with Crippen LogP contribution in [0.4, 0.5) is 0 Å². The van der Waals surface area contributed by atoms with Crippen molar-refractivity contribution >= 4 is 19.7 Å². The fourth-order valence-corrected chi connectivity index (χ4v) is 10.3. The largest absolute Gasteiger partial charge is 0.472 e. The number of carbonyl (C=O) groups excluding carboxylic acids is 2. The molecule has 0 aromatic heterocycles. The Labute approximate surface area is 478 Å². The van der Waals surface area contributed by atoms with Gasteiger partial charge in [-0.1, -0.05) is 262 Å². The van der Waals surface area contributed by atoms with Gasteiger partial charge in [-0.3, -0.25) is 18.6 Å². The van der Waals surface area contributed by atoms with E-state index >= 15 is 0 Å². The zero-order chi connectivity index (χ0) is 56.4. The molecule has 0 spiro atoms. The monoisotopic (exact) mass is 1100 g/mol. The van der Waals surface area contributed by atoms with Gasteiger partial charge < -0.3 is 19.4 Å². The number of phosphoric acid groups is 1. The number of phosphoric ester groups is 1. The average Bonchev–Trinajstić information content (AvgIpc) is 3.39. The first-order valence-electron chi connectivity index (χ1n) is 33.0. The second-order valence-corrected chi connectivity index (χ2v) is 25.1. The molecule has 1 amide bonds. The summed E-state index contributed by atoms with van der Waals surface area (Å²) in [7, 11) is 1.50. The lowest BCUT2D eigenvalue weighted by Gasteiger charge is -2.27. The van der Waals surface area contributed by atoms with Crippen molar-refractivity contribution in [2.45, 2.75) is 328 Å². The normalized spacial score (nSPS) is 13.9. The lowest BCUT2D eigenvalue weighted by molar-refractivity contribution is -0.870. The SMILES string of the molecule is CCCCC/C=C\C/C=C\CCCCCCCCCCCCCCCC(=O)NC(COP(=O)(O)OCC[N+](C)(C)C)C(/C=C\CCCCCCCCCCC)OC(=O)CCCCCCCCC/C=C/CCCCCCCC. The number of rotatable bonds is 60. The van der Waals surface area contributed by atoms with E-state index in [4.69, 9.17) is 13.8 Å². The minimum Gasteiger partial charge on any atom is -0.456 e. The van der Waals surface area contributed by atoms with Crippen LogP contribution in [-0.2, 0) is 27.9 Å². The number of carbonyl (C=O) groups is 2. The number of nitrogens with zero attached hydrogens (tertiary/aromatic N) is 1. The Bertz CT molecular complexity index is 1460. The highest BCUT2D eigenvalue weighted by Gasteiger charge is 2.30. The Morgan fingerprint density at radius 1 is 0.455 bits per heavy atom. The van der Waals surface area contributed by atoms with Gasteiger partial charge >= 0.3 is 13.8 Å². The summed E-state index contributed by atoms with van der Waals surface area (Å²) in [6.45, 7) is 7.01. The van der Waals surface area contributed by atoms with Crippen LogP contribution in [0.25, 0.3) is 0 Å². The Kier molecular flexibility index (Phi) is 55.7. The highest BCUT2D eigenvalue weighted by molar-refractivity contribution is 7.47. The van der Waals surface area contributed by atoms with Crippen molar-refractivity contribution in [1.29, 1.82) is 0 Å². The van der Waals surface area contributed by atoms with Crippen LogP contribution in [-0.4, -0.2) is 74.3 Å². The van der Waals surface area contributed by atoms with Gasteiger partial charge in [0.15, 0.2) is 0 Å². The Hall–Kier alpha value is -2.03. The quantitative estimate of drug-likeness (QED) is 0.0205. The molecule has 0 aromatic carbocycles. The van der Waals surface area contributed by atoms with E-state index in [1.54, 1.807) is 0 Å². The summed E-state index contributed by atoms with van der Waals surface area (Å²) in [5.74, 6) is -0.501. The molecule has 0 rings (SSSR count). The molecule has 0 aliphatic carbocycles. The summed E-state index contributed by atoms with van der Waals surface area (Å²) in [5.41, 5.74) is 0. The molecule has 0 radical (unpaired) electrons. The summed E-state index contributed by atoms with van der Waals surface area (Å²) in [5, 5.41) is 3.06. The van der Waals surface area contributed by atoms with Crippen LogP contribution in [0.2, 0.25) is 0 Å². The van der Waals surface area contributed by atoms with Crippen molar-refractivity contribution in [2.75, 3.05) is 40.9 Å². The first-order chi connectivity index (χ1) is 37.4. The van der Waals surface area contributed by atoms with E-state index < -0.39 is 20.0 Å². The number of unbranched alkanes of at least 4 members (excludes halogenated alkanes) is 38. The molecule has 0 saturated heterocycles. The number of quaternary nitrogens is 1. The van der Waals surface area contributed by atoms with Crippen LogP contribution in [0.15, 0.2) is 48.6 Å². The van der Waals surface area contributed by atoms with Crippen LogP contribution in [0, 0.1) is 0 Å². The van der Waals surface area contributed by atoms with Crippen LogP contribution < -0.4 is 5.32 Å². The second kappa shape index (κ2) is 57.2. The fraction of sp³-hybridized carbons (Fsp3) is 0.851. The van der Waals surface area contributed by atoms with Crippen molar-refractivity contribution in [1.82, 2.24) is 5.32 Å². The maximum atomic E-state index is 13.6. The van der Waals surface area contributed by atoms with E-state index in [-0.39, 0.29) is 31.5 Å². The number of hydrogen-bond donors (Lipinski definition) is 2. The predicted octanol–water partition coefficient (Wildman–Crippen LogP) is 20.5. The molecule has 0 aromatic rings. The van der Waals surface area contributed by atoms with Gasteiger partial charge in [-0.25, -0.2) is 4.57 Å². The third-order valence-electron chi connectivity index (χ3n) is 14.7. The molecule has 9 nitrogen and oxygen atoms in total. The van der Waals surface area contributed by atoms with Crippen molar-refractivity contribution in [3.05, 3.63) is 48.6 Å². The number of allylic oxidation sites excluding steroid dienone is 7. The third kappa shape index (κ3) is 58.4. The maximum absolute atomic E-state index is 13.6. The molecular formula is C67H128N2O7P+. The molecule has 77 heavy (non-hydrogen) atoms. The van der Waals surface area contributed by atoms with Crippen molar-refractivity contribution in [2.24, 2.45) is 0 Å². The molecule has 0 heterocycles. The summed E-state index contributed by atoms with van der Waals surface area (Å²) in [6, 6.07) is -0.849. The lowest BCUT2D eigenvalue weighted by Crippen LogP contribution is -2.47. The van der Waals surface area contributed by atoms with Crippen LogP contribution in [0.1, 0.15) is 316 Å². The Morgan fingerprint density at radius 2 is 0.792 bits per heavy atom. The van der Waals surface area contributed by atoms with E-state index in [0.29, 0.717) is 17.4 Å². The van der Waals surface area contributed by atoms with E-state index in [1.807, 2.05) is 33.3 Å². The lowest BCUT2D eigenvalue weighted by atomic mass is 10.0. The highest BCUT2D eigenvalue weighted by Crippen LogP contribution is 2.43. The number of ether oxygens (including phenoxy) is 1. The van der Waals surface area contributed by atoms with E-state index in [9.17, 15) is 19.0 Å². The summed E-state index contributed by atoms with van der Waals surface area (Å²) < 4.78 is 30.7. The van der Waals surface area contributed by atoms with Crippen LogP contribution >= 0.6 is 7.82 Å². The smallest absolute Gasteiger partial charge is 0.456 e. The van der Waals surface area contributed by atoms with Gasteiger partial charge in [0.2, 0.25) is 5.91 Å². The zero-order valence-corrected chi connectivity index (χ0v) is 52.6. The third-order valence-corrected chi connectivity index (χ3v) is 15.7. The number of likely N-dealkylation sites (N-methyl/N-ethyl adjacent to an activating group) is 1. The number of esters is 1. The van der Waals surface area contributed by atoms with Gasteiger partial charge in [-0.15, -0.1) is 0 Å². The van der Waals surface area contributed by atoms with Gasteiger partial charge in [-0.05, 0) is 89.5 Å². The molecule has 0 saturated carbocycles. The van der Waals surface area contributed by atoms with E-state index in [2.05, 4.69) is 62.5 Å². The molecule has 0 aliphatic heterocycles. The zero-order valence-electron chi connectivity index (χ0n) is 51.7. The van der Waals surface area contributed by atoms with E-state index in [1.165, 1.54) is 218 Å². The highest BCUT2D eigenvalue weighted by atomic mass is 31.2. The van der Waals surface area contributed by atoms with Gasteiger partial charge in [0.25, 0.3) is 0 Å². The average molecular weight is 1100 g/mol. The van der Waals surface area contributed by atoms with Gasteiger partial charge in [0.05, 0.1) is 33.8 Å². The number of nitrogens with one attached hydrogen (secondary N) is 1. The Morgan fingerprint density at radius 3 is 1.21 bits per heavy atom. The summed E-state index contributed by atoms with van der Waals surface area (Å²) >= 11 is 0. The molecule has 3 unspecified atom stereocenters. The van der Waals surface area contributed by atoms with Crippen LogP contribution in [0.5, 0.6) is 0 Å². The molecular weight excluding hydrogens is 976 g/mol. The second-order valence-electron chi connectivity index (χ2n) is 23.6. The topological polar surface area (TPSA) is 111 Å².